The van der Waals surface area contributed by atoms with Crippen molar-refractivity contribution in [3.8, 4) is 0 Å². The Balaban J connectivity index is 1.11. The van der Waals surface area contributed by atoms with Gasteiger partial charge in [-0.1, -0.05) is 17.7 Å². The molecule has 0 saturated carbocycles. The van der Waals surface area contributed by atoms with Crippen LogP contribution in [-0.2, 0) is 24.4 Å². The van der Waals surface area contributed by atoms with E-state index in [0.717, 1.165) is 11.3 Å². The summed E-state index contributed by atoms with van der Waals surface area (Å²) in [6.07, 6.45) is 2.74. The minimum Gasteiger partial charge on any atom is -0.342 e. The van der Waals surface area contributed by atoms with Crippen molar-refractivity contribution < 1.29 is 22.8 Å². The standard InChI is InChI=1S/C27H29N5O5S2/c1-18-2-6-22(7-3-18)32-17-20(16-24(32)33)26(35)31-13-10-19(11-14-31)25(34)29-21-4-8-23(9-5-21)39(36,37)30-27-28-12-15-38-27/h2-9,12,15,19-20H,10-11,13-14,16-17H2,1H3,(H,28,30)(H,29,34). The minimum absolute atomic E-state index is 0.0417. The number of amides is 3. The zero-order valence-electron chi connectivity index (χ0n) is 21.4. The van der Waals surface area contributed by atoms with E-state index in [2.05, 4.69) is 15.0 Å². The number of benzene rings is 2. The fourth-order valence-corrected chi connectivity index (χ4v) is 6.67. The lowest BCUT2D eigenvalue weighted by Gasteiger charge is -2.33. The summed E-state index contributed by atoms with van der Waals surface area (Å²) in [5.41, 5.74) is 2.40. The number of nitrogens with one attached hydrogen (secondary N) is 2. The summed E-state index contributed by atoms with van der Waals surface area (Å²) >= 11 is 1.18. The Kier molecular flexibility index (Phi) is 7.67. The van der Waals surface area contributed by atoms with E-state index in [1.54, 1.807) is 27.3 Å². The normalized spacial score (nSPS) is 18.3. The van der Waals surface area contributed by atoms with Crippen molar-refractivity contribution in [1.29, 1.82) is 0 Å². The van der Waals surface area contributed by atoms with Crippen molar-refractivity contribution in [3.63, 3.8) is 0 Å². The van der Waals surface area contributed by atoms with Crippen molar-refractivity contribution in [3.05, 3.63) is 65.7 Å². The Morgan fingerprint density at radius 3 is 2.33 bits per heavy atom. The molecule has 0 radical (unpaired) electrons. The Hall–Kier alpha value is -3.77. The van der Waals surface area contributed by atoms with Gasteiger partial charge in [0.05, 0.1) is 10.8 Å². The Morgan fingerprint density at radius 2 is 1.69 bits per heavy atom. The second-order valence-electron chi connectivity index (χ2n) is 9.80. The third-order valence-corrected chi connectivity index (χ3v) is 9.26. The van der Waals surface area contributed by atoms with E-state index in [9.17, 15) is 22.8 Å². The van der Waals surface area contributed by atoms with E-state index < -0.39 is 10.0 Å². The first kappa shape index (κ1) is 26.8. The first-order valence-corrected chi connectivity index (χ1v) is 15.0. The van der Waals surface area contributed by atoms with Crippen molar-refractivity contribution in [1.82, 2.24) is 9.88 Å². The number of aryl methyl sites for hydroxylation is 1. The van der Waals surface area contributed by atoms with Crippen LogP contribution in [0.1, 0.15) is 24.8 Å². The lowest BCUT2D eigenvalue weighted by Crippen LogP contribution is -2.44. The largest absolute Gasteiger partial charge is 0.342 e. The molecule has 2 aliphatic heterocycles. The zero-order valence-corrected chi connectivity index (χ0v) is 23.0. The van der Waals surface area contributed by atoms with Crippen LogP contribution in [0.5, 0.6) is 0 Å². The van der Waals surface area contributed by atoms with Crippen LogP contribution in [0.15, 0.2) is 65.0 Å². The predicted octanol–water partition coefficient (Wildman–Crippen LogP) is 3.48. The summed E-state index contributed by atoms with van der Waals surface area (Å²) in [5.74, 6) is -0.910. The van der Waals surface area contributed by atoms with E-state index >= 15 is 0 Å². The van der Waals surface area contributed by atoms with E-state index in [4.69, 9.17) is 0 Å². The number of sulfonamides is 1. The van der Waals surface area contributed by atoms with Crippen LogP contribution < -0.4 is 14.9 Å². The molecule has 3 heterocycles. The number of piperidine rings is 1. The molecule has 3 aromatic rings. The average Bonchev–Trinajstić information content (AvgIpc) is 3.58. The zero-order chi connectivity index (χ0) is 27.6. The van der Waals surface area contributed by atoms with Gasteiger partial charge in [-0.3, -0.25) is 19.1 Å². The molecule has 10 nitrogen and oxygen atoms in total. The topological polar surface area (TPSA) is 129 Å². The maximum absolute atomic E-state index is 13.1. The van der Waals surface area contributed by atoms with Gasteiger partial charge in [0.1, 0.15) is 0 Å². The summed E-state index contributed by atoms with van der Waals surface area (Å²) < 4.78 is 27.4. The van der Waals surface area contributed by atoms with Crippen LogP contribution in [0.3, 0.4) is 0 Å². The molecule has 2 fully saturated rings. The second-order valence-corrected chi connectivity index (χ2v) is 12.4. The molecule has 1 unspecified atom stereocenters. The molecule has 2 aromatic carbocycles. The monoisotopic (exact) mass is 567 g/mol. The van der Waals surface area contributed by atoms with Gasteiger partial charge in [-0.15, -0.1) is 11.3 Å². The van der Waals surface area contributed by atoms with Crippen LogP contribution in [0.4, 0.5) is 16.5 Å². The molecular weight excluding hydrogens is 538 g/mol. The van der Waals surface area contributed by atoms with Gasteiger partial charge in [-0.05, 0) is 56.2 Å². The van der Waals surface area contributed by atoms with Gasteiger partial charge in [0.15, 0.2) is 5.13 Å². The molecule has 2 N–H and O–H groups in total. The summed E-state index contributed by atoms with van der Waals surface area (Å²) in [4.78, 5) is 46.0. The minimum atomic E-state index is -3.77. The van der Waals surface area contributed by atoms with Crippen LogP contribution in [0, 0.1) is 18.8 Å². The number of anilines is 3. The molecule has 12 heteroatoms. The summed E-state index contributed by atoms with van der Waals surface area (Å²) in [7, 11) is -3.77. The first-order chi connectivity index (χ1) is 18.7. The number of nitrogens with zero attached hydrogens (tertiary/aromatic N) is 3. The van der Waals surface area contributed by atoms with Gasteiger partial charge in [-0.25, -0.2) is 13.4 Å². The smallest absolute Gasteiger partial charge is 0.263 e. The molecule has 0 aliphatic carbocycles. The van der Waals surface area contributed by atoms with Gasteiger partial charge in [0.25, 0.3) is 10.0 Å². The Bertz CT molecular complexity index is 1450. The molecule has 3 amide bonds. The molecule has 2 saturated heterocycles. The van der Waals surface area contributed by atoms with Crippen molar-refractivity contribution in [2.24, 2.45) is 11.8 Å². The highest BCUT2D eigenvalue weighted by molar-refractivity contribution is 7.93. The van der Waals surface area contributed by atoms with Crippen molar-refractivity contribution >= 4 is 55.6 Å². The molecule has 2 aliphatic rings. The van der Waals surface area contributed by atoms with E-state index in [1.165, 1.54) is 29.7 Å². The second kappa shape index (κ2) is 11.1. The number of carbonyl (C=O) groups excluding carboxylic acids is 3. The highest BCUT2D eigenvalue weighted by Crippen LogP contribution is 2.29. The number of likely N-dealkylation sites (tertiary alicyclic amines) is 1. The van der Waals surface area contributed by atoms with E-state index in [-0.39, 0.29) is 46.0 Å². The fraction of sp³-hybridized carbons (Fsp3) is 0.333. The fourth-order valence-electron chi connectivity index (χ4n) is 4.88. The molecule has 204 valence electrons. The van der Waals surface area contributed by atoms with Crippen LogP contribution in [0.2, 0.25) is 0 Å². The van der Waals surface area contributed by atoms with Crippen molar-refractivity contribution in [2.45, 2.75) is 31.1 Å². The molecule has 1 atom stereocenters. The van der Waals surface area contributed by atoms with Crippen LogP contribution >= 0.6 is 11.3 Å². The van der Waals surface area contributed by atoms with Gasteiger partial charge in [0.2, 0.25) is 17.7 Å². The van der Waals surface area contributed by atoms with E-state index in [0.29, 0.717) is 38.2 Å². The maximum atomic E-state index is 13.1. The quantitative estimate of drug-likeness (QED) is 0.450. The predicted molar refractivity (Wildman–Crippen MR) is 149 cm³/mol. The molecular formula is C27H29N5O5S2. The number of carbonyl (C=O) groups is 3. The lowest BCUT2D eigenvalue weighted by atomic mass is 9.94. The molecule has 1 aromatic heterocycles. The highest BCUT2D eigenvalue weighted by Gasteiger charge is 2.38. The summed E-state index contributed by atoms with van der Waals surface area (Å²) in [5, 5.41) is 4.80. The summed E-state index contributed by atoms with van der Waals surface area (Å²) in [6, 6.07) is 13.6. The number of aromatic nitrogens is 1. The molecule has 39 heavy (non-hydrogen) atoms. The van der Waals surface area contributed by atoms with E-state index in [1.807, 2.05) is 31.2 Å². The molecule has 5 rings (SSSR count). The van der Waals surface area contributed by atoms with Gasteiger partial charge < -0.3 is 15.1 Å². The Morgan fingerprint density at radius 1 is 1.00 bits per heavy atom. The lowest BCUT2D eigenvalue weighted by molar-refractivity contribution is -0.138. The third kappa shape index (κ3) is 6.12. The molecule has 0 bridgehead atoms. The maximum Gasteiger partial charge on any atom is 0.263 e. The number of rotatable bonds is 7. The van der Waals surface area contributed by atoms with Crippen LogP contribution in [-0.4, -0.2) is 55.7 Å². The summed E-state index contributed by atoms with van der Waals surface area (Å²) in [6.45, 7) is 3.25. The number of hydrogen-bond acceptors (Lipinski definition) is 7. The van der Waals surface area contributed by atoms with Crippen molar-refractivity contribution in [2.75, 3.05) is 34.6 Å². The average molecular weight is 568 g/mol. The van der Waals surface area contributed by atoms with Gasteiger partial charge in [0, 0.05) is 54.9 Å². The number of thiazole rings is 1. The SMILES string of the molecule is Cc1ccc(N2CC(C(=O)N3CCC(C(=O)Nc4ccc(S(=O)(=O)Nc5nccs5)cc4)CC3)CC2=O)cc1. The molecule has 0 spiro atoms. The van der Waals surface area contributed by atoms with Crippen LogP contribution in [0.25, 0.3) is 0 Å². The van der Waals surface area contributed by atoms with Gasteiger partial charge >= 0.3 is 0 Å². The highest BCUT2D eigenvalue weighted by atomic mass is 32.2. The number of hydrogen-bond donors (Lipinski definition) is 2. The third-order valence-electron chi connectivity index (χ3n) is 7.08. The Labute approximate surface area is 231 Å². The first-order valence-electron chi connectivity index (χ1n) is 12.7. The van der Waals surface area contributed by atoms with Gasteiger partial charge in [-0.2, -0.15) is 0 Å².